The maximum atomic E-state index is 12.7. The molecule has 0 saturated heterocycles. The number of carbonyl (C=O) groups excluding carboxylic acids is 1. The molecule has 0 aliphatic heterocycles. The summed E-state index contributed by atoms with van der Waals surface area (Å²) in [5.74, 6) is 0.0279. The Hall–Kier alpha value is -3.47. The van der Waals surface area contributed by atoms with Gasteiger partial charge < -0.3 is 10.1 Å². The molecule has 0 fully saturated rings. The Labute approximate surface area is 180 Å². The van der Waals surface area contributed by atoms with Crippen molar-refractivity contribution >= 4 is 12.2 Å². The molecule has 5 heteroatoms. The molecule has 1 N–H and O–H groups in total. The molecular weight excluding hydrogens is 396 g/mol. The third kappa shape index (κ3) is 4.82. The second-order valence-electron chi connectivity index (χ2n) is 7.41. The molecule has 0 atom stereocenters. The molecule has 0 bridgehead atoms. The van der Waals surface area contributed by atoms with E-state index in [0.29, 0.717) is 18.5 Å². The lowest BCUT2D eigenvalue weighted by molar-refractivity contribution is 0.143. The van der Waals surface area contributed by atoms with Crippen LogP contribution >= 0.6 is 0 Å². The average molecular weight is 419 g/mol. The molecule has 158 valence electrons. The van der Waals surface area contributed by atoms with Crippen molar-refractivity contribution in [2.75, 3.05) is 13.2 Å². The highest BCUT2D eigenvalue weighted by Gasteiger charge is 2.28. The molecule has 0 heterocycles. The molecule has 0 saturated carbocycles. The van der Waals surface area contributed by atoms with Gasteiger partial charge in [0.2, 0.25) is 0 Å². The molecule has 3 aromatic rings. The van der Waals surface area contributed by atoms with Crippen LogP contribution in [-0.4, -0.2) is 19.2 Å². The number of nitrogens with one attached hydrogen (secondary N) is 1. The van der Waals surface area contributed by atoms with Crippen molar-refractivity contribution in [3.05, 3.63) is 101 Å². The SMILES string of the molecule is O=C(NCCC=Cc1cccc(C(F)F)c1)OCC1c2ccccc2-c2ccccc21. The molecular formula is C26H23F2NO2. The second kappa shape index (κ2) is 9.56. The summed E-state index contributed by atoms with van der Waals surface area (Å²) in [5.41, 5.74) is 5.43. The first-order valence-electron chi connectivity index (χ1n) is 10.3. The quantitative estimate of drug-likeness (QED) is 0.440. The summed E-state index contributed by atoms with van der Waals surface area (Å²) >= 11 is 0. The fraction of sp³-hybridized carbons (Fsp3) is 0.192. The summed E-state index contributed by atoms with van der Waals surface area (Å²) in [6.45, 7) is 0.678. The van der Waals surface area contributed by atoms with Crippen LogP contribution in [0.1, 0.15) is 41.0 Å². The van der Waals surface area contributed by atoms with Gasteiger partial charge in [-0.15, -0.1) is 0 Å². The van der Waals surface area contributed by atoms with Crippen LogP contribution in [0.15, 0.2) is 78.9 Å². The van der Waals surface area contributed by atoms with Crippen molar-refractivity contribution in [1.82, 2.24) is 5.32 Å². The van der Waals surface area contributed by atoms with Crippen molar-refractivity contribution in [2.24, 2.45) is 0 Å². The first-order valence-corrected chi connectivity index (χ1v) is 10.3. The first-order chi connectivity index (χ1) is 15.1. The van der Waals surface area contributed by atoms with Gasteiger partial charge in [-0.1, -0.05) is 78.9 Å². The van der Waals surface area contributed by atoms with Crippen LogP contribution in [0, 0.1) is 0 Å². The van der Waals surface area contributed by atoms with E-state index in [1.807, 2.05) is 30.3 Å². The molecule has 31 heavy (non-hydrogen) atoms. The van der Waals surface area contributed by atoms with Crippen molar-refractivity contribution in [3.63, 3.8) is 0 Å². The Bertz CT molecular complexity index is 1050. The smallest absolute Gasteiger partial charge is 0.407 e. The molecule has 3 nitrogen and oxygen atoms in total. The maximum Gasteiger partial charge on any atom is 0.407 e. The predicted octanol–water partition coefficient (Wildman–Crippen LogP) is 6.57. The standard InChI is InChI=1S/C26H23F2NO2/c27-25(28)19-10-7-9-18(16-19)8-5-6-15-29-26(30)31-17-24-22-13-3-1-11-20(22)21-12-2-4-14-23(21)24/h1-5,7-14,16,24-25H,6,15,17H2,(H,29,30). The predicted molar refractivity (Wildman–Crippen MR) is 118 cm³/mol. The molecule has 0 spiro atoms. The van der Waals surface area contributed by atoms with Crippen LogP contribution in [0.2, 0.25) is 0 Å². The zero-order valence-electron chi connectivity index (χ0n) is 16.9. The molecule has 0 aromatic heterocycles. The van der Waals surface area contributed by atoms with Gasteiger partial charge >= 0.3 is 6.09 Å². The lowest BCUT2D eigenvalue weighted by atomic mass is 9.98. The summed E-state index contributed by atoms with van der Waals surface area (Å²) in [5, 5.41) is 2.74. The Balaban J connectivity index is 1.26. The Morgan fingerprint density at radius 1 is 0.968 bits per heavy atom. The highest BCUT2D eigenvalue weighted by Crippen LogP contribution is 2.44. The number of fused-ring (bicyclic) bond motifs is 3. The molecule has 4 rings (SSSR count). The van der Waals surface area contributed by atoms with E-state index < -0.39 is 12.5 Å². The minimum Gasteiger partial charge on any atom is -0.449 e. The van der Waals surface area contributed by atoms with E-state index in [0.717, 1.165) is 0 Å². The third-order valence-corrected chi connectivity index (χ3v) is 5.40. The van der Waals surface area contributed by atoms with Crippen molar-refractivity contribution < 1.29 is 18.3 Å². The number of halogens is 2. The summed E-state index contributed by atoms with van der Waals surface area (Å²) in [6.07, 6.45) is 1.24. The number of ether oxygens (including phenoxy) is 1. The van der Waals surface area contributed by atoms with E-state index in [1.54, 1.807) is 18.2 Å². The molecule has 1 amide bonds. The largest absolute Gasteiger partial charge is 0.449 e. The summed E-state index contributed by atoms with van der Waals surface area (Å²) in [4.78, 5) is 12.1. The number of alkyl carbamates (subject to hydrolysis) is 1. The number of rotatable bonds is 7. The van der Waals surface area contributed by atoms with Crippen LogP contribution in [0.5, 0.6) is 0 Å². The number of hydrogen-bond donors (Lipinski definition) is 1. The van der Waals surface area contributed by atoms with E-state index in [1.165, 1.54) is 34.4 Å². The summed E-state index contributed by atoms with van der Waals surface area (Å²) in [6, 6.07) is 22.6. The van der Waals surface area contributed by atoms with Crippen LogP contribution in [-0.2, 0) is 4.74 Å². The fourth-order valence-corrected chi connectivity index (χ4v) is 3.92. The molecule has 0 unspecified atom stereocenters. The number of benzene rings is 3. The van der Waals surface area contributed by atoms with Crippen molar-refractivity contribution in [2.45, 2.75) is 18.8 Å². The van der Waals surface area contributed by atoms with E-state index >= 15 is 0 Å². The molecule has 0 radical (unpaired) electrons. The third-order valence-electron chi connectivity index (χ3n) is 5.40. The monoisotopic (exact) mass is 419 g/mol. The summed E-state index contributed by atoms with van der Waals surface area (Å²) in [7, 11) is 0. The minimum atomic E-state index is -2.48. The fourth-order valence-electron chi connectivity index (χ4n) is 3.92. The van der Waals surface area contributed by atoms with E-state index in [4.69, 9.17) is 4.74 Å². The Morgan fingerprint density at radius 2 is 1.65 bits per heavy atom. The Morgan fingerprint density at radius 3 is 2.32 bits per heavy atom. The number of hydrogen-bond acceptors (Lipinski definition) is 2. The maximum absolute atomic E-state index is 12.7. The van der Waals surface area contributed by atoms with Gasteiger partial charge in [-0.05, 0) is 40.3 Å². The number of alkyl halides is 2. The average Bonchev–Trinajstić information content (AvgIpc) is 3.11. The lowest BCUT2D eigenvalue weighted by Gasteiger charge is -2.14. The Kier molecular flexibility index (Phi) is 6.41. The molecule has 1 aliphatic rings. The van der Waals surface area contributed by atoms with E-state index in [2.05, 4.69) is 29.6 Å². The topological polar surface area (TPSA) is 38.3 Å². The van der Waals surface area contributed by atoms with Gasteiger partial charge in [-0.3, -0.25) is 0 Å². The van der Waals surface area contributed by atoms with Gasteiger partial charge in [0.05, 0.1) is 0 Å². The van der Waals surface area contributed by atoms with Crippen molar-refractivity contribution in [1.29, 1.82) is 0 Å². The zero-order valence-corrected chi connectivity index (χ0v) is 16.9. The van der Waals surface area contributed by atoms with Gasteiger partial charge in [0.1, 0.15) is 6.61 Å². The van der Waals surface area contributed by atoms with E-state index in [-0.39, 0.29) is 18.1 Å². The first kappa shape index (κ1) is 20.8. The minimum absolute atomic E-state index is 0.00101. The van der Waals surface area contributed by atoms with Crippen LogP contribution in [0.4, 0.5) is 13.6 Å². The van der Waals surface area contributed by atoms with Gasteiger partial charge in [-0.2, -0.15) is 0 Å². The summed E-state index contributed by atoms with van der Waals surface area (Å²) < 4.78 is 31.0. The van der Waals surface area contributed by atoms with Crippen LogP contribution in [0.25, 0.3) is 17.2 Å². The number of amides is 1. The normalized spacial score (nSPS) is 12.7. The lowest BCUT2D eigenvalue weighted by Crippen LogP contribution is -2.26. The van der Waals surface area contributed by atoms with Gasteiger partial charge in [0, 0.05) is 18.0 Å². The van der Waals surface area contributed by atoms with Gasteiger partial charge in [0.15, 0.2) is 0 Å². The highest BCUT2D eigenvalue weighted by molar-refractivity contribution is 5.79. The highest BCUT2D eigenvalue weighted by atomic mass is 19.3. The van der Waals surface area contributed by atoms with Crippen LogP contribution < -0.4 is 5.32 Å². The second-order valence-corrected chi connectivity index (χ2v) is 7.41. The van der Waals surface area contributed by atoms with Gasteiger partial charge in [-0.25, -0.2) is 13.6 Å². The number of carbonyl (C=O) groups is 1. The molecule has 3 aromatic carbocycles. The molecule has 1 aliphatic carbocycles. The zero-order chi connectivity index (χ0) is 21.6. The van der Waals surface area contributed by atoms with Crippen molar-refractivity contribution in [3.8, 4) is 11.1 Å². The van der Waals surface area contributed by atoms with E-state index in [9.17, 15) is 13.6 Å². The van der Waals surface area contributed by atoms with Crippen LogP contribution in [0.3, 0.4) is 0 Å². The van der Waals surface area contributed by atoms with Gasteiger partial charge in [0.25, 0.3) is 6.43 Å².